The highest BCUT2D eigenvalue weighted by Gasteiger charge is 2.23. The number of rotatable bonds is 5. The Morgan fingerprint density at radius 1 is 1.04 bits per heavy atom. The van der Waals surface area contributed by atoms with Gasteiger partial charge in [0.25, 0.3) is 11.5 Å². The lowest BCUT2D eigenvalue weighted by Crippen LogP contribution is -2.31. The van der Waals surface area contributed by atoms with E-state index in [4.69, 9.17) is 0 Å². The van der Waals surface area contributed by atoms with Crippen LogP contribution in [0.15, 0.2) is 59.4 Å². The number of benzene rings is 2. The van der Waals surface area contributed by atoms with Gasteiger partial charge in [0.2, 0.25) is 0 Å². The molecule has 0 saturated heterocycles. The molecule has 1 amide bonds. The van der Waals surface area contributed by atoms with Crippen LogP contribution in [0.1, 0.15) is 28.9 Å². The smallest absolute Gasteiger partial charge is 0.274 e. The molecule has 1 saturated carbocycles. The van der Waals surface area contributed by atoms with Crippen LogP contribution in [0, 0.1) is 5.92 Å². The standard InChI is InChI=1S/C20H19N3O2/c24-19(21-12-14-10-11-14)18-16-8-4-5-9-17(16)20(25)23(22-18)13-15-6-2-1-3-7-15/h1-9,14H,10-13H2,(H,21,24). The highest BCUT2D eigenvalue weighted by molar-refractivity contribution is 6.04. The van der Waals surface area contributed by atoms with E-state index in [0.29, 0.717) is 35.5 Å². The molecular weight excluding hydrogens is 314 g/mol. The van der Waals surface area contributed by atoms with Gasteiger partial charge in [-0.3, -0.25) is 9.59 Å². The number of aromatic nitrogens is 2. The fraction of sp³-hybridized carbons (Fsp3) is 0.250. The summed E-state index contributed by atoms with van der Waals surface area (Å²) in [4.78, 5) is 25.4. The first-order valence-corrected chi connectivity index (χ1v) is 8.54. The van der Waals surface area contributed by atoms with Gasteiger partial charge in [-0.1, -0.05) is 48.5 Å². The van der Waals surface area contributed by atoms with E-state index in [1.807, 2.05) is 42.5 Å². The maximum atomic E-state index is 12.8. The van der Waals surface area contributed by atoms with Gasteiger partial charge in [0.05, 0.1) is 11.9 Å². The van der Waals surface area contributed by atoms with Crippen molar-refractivity contribution in [2.75, 3.05) is 6.54 Å². The number of hydrogen-bond donors (Lipinski definition) is 1. The second-order valence-electron chi connectivity index (χ2n) is 6.50. The summed E-state index contributed by atoms with van der Waals surface area (Å²) in [6.07, 6.45) is 2.34. The Morgan fingerprint density at radius 3 is 2.44 bits per heavy atom. The molecule has 1 aromatic heterocycles. The largest absolute Gasteiger partial charge is 0.350 e. The zero-order chi connectivity index (χ0) is 17.2. The van der Waals surface area contributed by atoms with Gasteiger partial charge in [-0.2, -0.15) is 5.10 Å². The van der Waals surface area contributed by atoms with E-state index < -0.39 is 0 Å². The zero-order valence-corrected chi connectivity index (χ0v) is 13.8. The molecule has 0 atom stereocenters. The van der Waals surface area contributed by atoms with Crippen LogP contribution in [0.5, 0.6) is 0 Å². The molecule has 0 spiro atoms. The lowest BCUT2D eigenvalue weighted by Gasteiger charge is -2.11. The van der Waals surface area contributed by atoms with E-state index in [1.165, 1.54) is 17.5 Å². The molecule has 1 aliphatic carbocycles. The van der Waals surface area contributed by atoms with Gasteiger partial charge in [0.15, 0.2) is 5.69 Å². The average molecular weight is 333 g/mol. The molecular formula is C20H19N3O2. The highest BCUT2D eigenvalue weighted by Crippen LogP contribution is 2.27. The minimum Gasteiger partial charge on any atom is -0.350 e. The van der Waals surface area contributed by atoms with Crippen molar-refractivity contribution in [2.24, 2.45) is 5.92 Å². The molecule has 25 heavy (non-hydrogen) atoms. The van der Waals surface area contributed by atoms with E-state index in [0.717, 1.165) is 5.56 Å². The van der Waals surface area contributed by atoms with Crippen LogP contribution in [0.2, 0.25) is 0 Å². The second-order valence-corrected chi connectivity index (χ2v) is 6.50. The summed E-state index contributed by atoms with van der Waals surface area (Å²) in [6, 6.07) is 16.8. The van der Waals surface area contributed by atoms with Crippen molar-refractivity contribution in [2.45, 2.75) is 19.4 Å². The van der Waals surface area contributed by atoms with Crippen LogP contribution in [0.25, 0.3) is 10.8 Å². The third-order valence-corrected chi connectivity index (χ3v) is 4.51. The van der Waals surface area contributed by atoms with Crippen LogP contribution < -0.4 is 10.9 Å². The summed E-state index contributed by atoms with van der Waals surface area (Å²) in [6.45, 7) is 1.01. The quantitative estimate of drug-likeness (QED) is 0.780. The summed E-state index contributed by atoms with van der Waals surface area (Å²) in [5.41, 5.74) is 1.10. The molecule has 2 aromatic carbocycles. The fourth-order valence-electron chi connectivity index (χ4n) is 2.91. The van der Waals surface area contributed by atoms with Gasteiger partial charge in [0, 0.05) is 11.9 Å². The Morgan fingerprint density at radius 2 is 1.72 bits per heavy atom. The average Bonchev–Trinajstić information content (AvgIpc) is 3.47. The first kappa shape index (κ1) is 15.6. The Bertz CT molecular complexity index is 975. The van der Waals surface area contributed by atoms with Gasteiger partial charge in [-0.05, 0) is 30.4 Å². The van der Waals surface area contributed by atoms with Crippen molar-refractivity contribution in [3.8, 4) is 0 Å². The van der Waals surface area contributed by atoms with Crippen molar-refractivity contribution < 1.29 is 4.79 Å². The molecule has 1 fully saturated rings. The minimum absolute atomic E-state index is 0.182. The summed E-state index contributed by atoms with van der Waals surface area (Å²) < 4.78 is 1.38. The monoisotopic (exact) mass is 333 g/mol. The van der Waals surface area contributed by atoms with Gasteiger partial charge < -0.3 is 5.32 Å². The molecule has 0 bridgehead atoms. The summed E-state index contributed by atoms with van der Waals surface area (Å²) >= 11 is 0. The molecule has 1 heterocycles. The van der Waals surface area contributed by atoms with E-state index >= 15 is 0 Å². The first-order chi connectivity index (χ1) is 12.2. The molecule has 1 aliphatic rings. The molecule has 5 heteroatoms. The van der Waals surface area contributed by atoms with Crippen LogP contribution in [-0.4, -0.2) is 22.2 Å². The normalized spacial score (nSPS) is 13.8. The summed E-state index contributed by atoms with van der Waals surface area (Å²) in [5.74, 6) is 0.371. The number of hydrogen-bond acceptors (Lipinski definition) is 3. The Hall–Kier alpha value is -2.95. The van der Waals surface area contributed by atoms with E-state index in [-0.39, 0.29) is 11.5 Å². The predicted octanol–water partition coefficient (Wildman–Crippen LogP) is 2.58. The maximum absolute atomic E-state index is 12.8. The van der Waals surface area contributed by atoms with Gasteiger partial charge >= 0.3 is 0 Å². The van der Waals surface area contributed by atoms with Crippen molar-refractivity contribution in [3.63, 3.8) is 0 Å². The van der Waals surface area contributed by atoms with Crippen LogP contribution in [0.4, 0.5) is 0 Å². The van der Waals surface area contributed by atoms with Gasteiger partial charge in [-0.15, -0.1) is 0 Å². The van der Waals surface area contributed by atoms with E-state index in [2.05, 4.69) is 10.4 Å². The van der Waals surface area contributed by atoms with E-state index in [9.17, 15) is 9.59 Å². The Labute approximate surface area is 145 Å². The van der Waals surface area contributed by atoms with Gasteiger partial charge in [0.1, 0.15) is 0 Å². The number of nitrogens with one attached hydrogen (secondary N) is 1. The SMILES string of the molecule is O=C(NCC1CC1)c1nn(Cc2ccccc2)c(=O)c2ccccc12. The molecule has 126 valence electrons. The summed E-state index contributed by atoms with van der Waals surface area (Å²) in [7, 11) is 0. The van der Waals surface area contributed by atoms with Crippen LogP contribution >= 0.6 is 0 Å². The Kier molecular flexibility index (Phi) is 4.06. The zero-order valence-electron chi connectivity index (χ0n) is 13.8. The van der Waals surface area contributed by atoms with E-state index in [1.54, 1.807) is 12.1 Å². The highest BCUT2D eigenvalue weighted by atomic mass is 16.2. The van der Waals surface area contributed by atoms with Crippen molar-refractivity contribution in [3.05, 3.63) is 76.2 Å². The molecule has 4 rings (SSSR count). The van der Waals surface area contributed by atoms with Gasteiger partial charge in [-0.25, -0.2) is 4.68 Å². The topological polar surface area (TPSA) is 64.0 Å². The van der Waals surface area contributed by atoms with Crippen molar-refractivity contribution in [1.82, 2.24) is 15.1 Å². The van der Waals surface area contributed by atoms with Crippen molar-refractivity contribution in [1.29, 1.82) is 0 Å². The minimum atomic E-state index is -0.218. The molecule has 0 unspecified atom stereocenters. The lowest BCUT2D eigenvalue weighted by molar-refractivity contribution is 0.0946. The number of nitrogens with zero attached hydrogens (tertiary/aromatic N) is 2. The molecule has 5 nitrogen and oxygen atoms in total. The van der Waals surface area contributed by atoms with Crippen LogP contribution in [0.3, 0.4) is 0 Å². The molecule has 0 aliphatic heterocycles. The predicted molar refractivity (Wildman–Crippen MR) is 96.6 cm³/mol. The third kappa shape index (κ3) is 3.31. The van der Waals surface area contributed by atoms with Crippen molar-refractivity contribution >= 4 is 16.7 Å². The first-order valence-electron chi connectivity index (χ1n) is 8.54. The second kappa shape index (κ2) is 6.51. The fourth-order valence-corrected chi connectivity index (χ4v) is 2.91. The summed E-state index contributed by atoms with van der Waals surface area (Å²) in [5, 5.41) is 8.45. The molecule has 1 N–H and O–H groups in total. The number of amides is 1. The maximum Gasteiger partial charge on any atom is 0.274 e. The third-order valence-electron chi connectivity index (χ3n) is 4.51. The number of carbonyl (C=O) groups excluding carboxylic acids is 1. The van der Waals surface area contributed by atoms with Crippen LogP contribution in [-0.2, 0) is 6.54 Å². The molecule has 0 radical (unpaired) electrons. The number of fused-ring (bicyclic) bond motifs is 1. The Balaban J connectivity index is 1.76. The number of carbonyl (C=O) groups is 1. The molecule has 3 aromatic rings. The lowest BCUT2D eigenvalue weighted by atomic mass is 10.1.